The molecule has 9 nitrogen and oxygen atoms in total. The summed E-state index contributed by atoms with van der Waals surface area (Å²) in [6.45, 7) is 5.59. The Morgan fingerprint density at radius 3 is 2.65 bits per heavy atom. The maximum atomic E-state index is 12.3. The van der Waals surface area contributed by atoms with E-state index in [9.17, 15) is 24.9 Å². The lowest BCUT2D eigenvalue weighted by molar-refractivity contribution is -0.150. The van der Waals surface area contributed by atoms with Crippen LogP contribution < -0.4 is 4.74 Å². The number of benzene rings is 1. The fraction of sp³-hybridized carbons (Fsp3) is 0.600. The Hall–Kier alpha value is -2.30. The molecule has 1 aromatic carbocycles. The van der Waals surface area contributed by atoms with Gasteiger partial charge in [0.05, 0.1) is 50.1 Å². The Balaban J connectivity index is 1.50. The minimum atomic E-state index is -1.15. The molecular weight excluding hydrogens is 444 g/mol. The van der Waals surface area contributed by atoms with Gasteiger partial charge in [0.15, 0.2) is 0 Å². The number of esters is 2. The van der Waals surface area contributed by atoms with Gasteiger partial charge in [-0.25, -0.2) is 4.79 Å². The molecule has 9 heteroatoms. The smallest absolute Gasteiger partial charge is 0.337 e. The van der Waals surface area contributed by atoms with Gasteiger partial charge in [-0.2, -0.15) is 0 Å². The molecule has 0 aromatic heterocycles. The van der Waals surface area contributed by atoms with E-state index in [1.165, 1.54) is 13.2 Å². The van der Waals surface area contributed by atoms with E-state index < -0.39 is 36.4 Å². The quantitative estimate of drug-likeness (QED) is 0.209. The molecule has 0 spiro atoms. The van der Waals surface area contributed by atoms with Crippen molar-refractivity contribution < 1.29 is 43.9 Å². The normalized spacial score (nSPS) is 30.9. The number of carbonyl (C=O) groups is 2. The van der Waals surface area contributed by atoms with Crippen molar-refractivity contribution in [2.75, 3.05) is 13.7 Å². The number of aliphatic hydroxyl groups is 3. The van der Waals surface area contributed by atoms with Crippen molar-refractivity contribution >= 4 is 11.9 Å². The zero-order valence-electron chi connectivity index (χ0n) is 19.9. The maximum absolute atomic E-state index is 12.3. The predicted molar refractivity (Wildman–Crippen MR) is 121 cm³/mol. The van der Waals surface area contributed by atoms with Gasteiger partial charge in [0, 0.05) is 11.8 Å². The molecule has 188 valence electrons. The summed E-state index contributed by atoms with van der Waals surface area (Å²) in [5.41, 5.74) is 0.880. The van der Waals surface area contributed by atoms with Crippen molar-refractivity contribution in [3.63, 3.8) is 0 Å². The first-order valence-corrected chi connectivity index (χ1v) is 11.5. The number of methoxy groups -OCH3 is 1. The van der Waals surface area contributed by atoms with E-state index in [2.05, 4.69) is 4.74 Å². The Morgan fingerprint density at radius 2 is 1.97 bits per heavy atom. The summed E-state index contributed by atoms with van der Waals surface area (Å²) in [5.74, 6) is -1.14. The third-order valence-electron chi connectivity index (χ3n) is 6.47. The van der Waals surface area contributed by atoms with Crippen LogP contribution in [-0.4, -0.2) is 77.6 Å². The van der Waals surface area contributed by atoms with E-state index in [-0.39, 0.29) is 48.4 Å². The van der Waals surface area contributed by atoms with E-state index in [1.54, 1.807) is 38.1 Å². The van der Waals surface area contributed by atoms with E-state index in [0.29, 0.717) is 12.0 Å². The van der Waals surface area contributed by atoms with Crippen molar-refractivity contribution in [2.45, 2.75) is 70.2 Å². The predicted octanol–water partition coefficient (Wildman–Crippen LogP) is 1.63. The summed E-state index contributed by atoms with van der Waals surface area (Å²) < 4.78 is 21.4. The summed E-state index contributed by atoms with van der Waals surface area (Å²) in [6.07, 6.45) is -1.40. The third-order valence-corrected chi connectivity index (χ3v) is 6.47. The van der Waals surface area contributed by atoms with Gasteiger partial charge in [-0.1, -0.05) is 24.6 Å². The Kier molecular flexibility index (Phi) is 8.83. The third kappa shape index (κ3) is 6.64. The molecular formula is C25H34O9. The Labute approximate surface area is 199 Å². The number of carbonyl (C=O) groups excluding carboxylic acids is 2. The van der Waals surface area contributed by atoms with Crippen LogP contribution in [0.1, 0.15) is 44.0 Å². The average molecular weight is 479 g/mol. The van der Waals surface area contributed by atoms with E-state index in [4.69, 9.17) is 14.2 Å². The number of hydrogen-bond acceptors (Lipinski definition) is 9. The molecule has 0 bridgehead atoms. The highest BCUT2D eigenvalue weighted by molar-refractivity contribution is 5.90. The summed E-state index contributed by atoms with van der Waals surface area (Å²) >= 11 is 0. The van der Waals surface area contributed by atoms with Crippen LogP contribution in [0.3, 0.4) is 0 Å². The average Bonchev–Trinajstić information content (AvgIpc) is 3.56. The van der Waals surface area contributed by atoms with Gasteiger partial charge in [0.2, 0.25) is 0 Å². The fourth-order valence-corrected chi connectivity index (χ4v) is 4.18. The first-order chi connectivity index (χ1) is 16.1. The van der Waals surface area contributed by atoms with Crippen molar-refractivity contribution in [3.05, 3.63) is 41.5 Å². The molecule has 8 atom stereocenters. The van der Waals surface area contributed by atoms with E-state index in [0.717, 1.165) is 0 Å². The molecule has 0 unspecified atom stereocenters. The minimum absolute atomic E-state index is 0.00222. The molecule has 0 aliphatic carbocycles. The van der Waals surface area contributed by atoms with Crippen LogP contribution in [0.2, 0.25) is 0 Å². The molecule has 2 heterocycles. The number of hydrogen-bond donors (Lipinski definition) is 3. The van der Waals surface area contributed by atoms with Crippen LogP contribution in [0.25, 0.3) is 0 Å². The van der Waals surface area contributed by atoms with Gasteiger partial charge in [-0.05, 0) is 38.5 Å². The number of ether oxygens (including phenoxy) is 4. The standard InChI is InChI=1S/C25H34O9/c1-13(9-21(27)33-18-7-5-6-16(10-18)25(30)31-4)8-19-23(29)22(28)17(12-32-19)11-20-24(34-20)14(2)15(3)26/h5-8,10,14-15,17,19-20,22-24,26,28-29H,9,11-12H2,1-4H3/b13-8+/t14-,15-,17-,19-,20-,22+,23-,24-/m0/s1. The second kappa shape index (κ2) is 11.4. The van der Waals surface area contributed by atoms with Crippen LogP contribution in [0, 0.1) is 11.8 Å². The Bertz CT molecular complexity index is 896. The van der Waals surface area contributed by atoms with Gasteiger partial charge in [-0.3, -0.25) is 4.79 Å². The molecule has 2 fully saturated rings. The largest absolute Gasteiger partial charge is 0.465 e. The molecule has 34 heavy (non-hydrogen) atoms. The topological polar surface area (TPSA) is 135 Å². The molecule has 2 saturated heterocycles. The highest BCUT2D eigenvalue weighted by atomic mass is 16.6. The molecule has 0 amide bonds. The van der Waals surface area contributed by atoms with Crippen molar-refractivity contribution in [3.8, 4) is 5.75 Å². The van der Waals surface area contributed by atoms with Crippen LogP contribution >= 0.6 is 0 Å². The molecule has 3 rings (SSSR count). The molecule has 2 aliphatic rings. The second-order valence-electron chi connectivity index (χ2n) is 9.20. The molecule has 0 saturated carbocycles. The summed E-state index contributed by atoms with van der Waals surface area (Å²) in [4.78, 5) is 23.9. The Morgan fingerprint density at radius 1 is 1.24 bits per heavy atom. The van der Waals surface area contributed by atoms with Crippen LogP contribution in [-0.2, 0) is 19.0 Å². The first-order valence-electron chi connectivity index (χ1n) is 11.5. The highest BCUT2D eigenvalue weighted by Gasteiger charge is 2.48. The van der Waals surface area contributed by atoms with Crippen LogP contribution in [0.5, 0.6) is 5.75 Å². The SMILES string of the molecule is COC(=O)c1cccc(OC(=O)C/C(C)=C/[C@@H]2OC[C@H](C[C@@H]3O[C@H]3[C@@H](C)[C@H](C)O)[C@@H](O)[C@H]2O)c1. The lowest BCUT2D eigenvalue weighted by Crippen LogP contribution is -2.49. The minimum Gasteiger partial charge on any atom is -0.465 e. The van der Waals surface area contributed by atoms with Crippen molar-refractivity contribution in [2.24, 2.45) is 11.8 Å². The summed E-state index contributed by atoms with van der Waals surface area (Å²) in [6, 6.07) is 6.12. The van der Waals surface area contributed by atoms with Crippen molar-refractivity contribution in [1.82, 2.24) is 0 Å². The maximum Gasteiger partial charge on any atom is 0.337 e. The number of aliphatic hydroxyl groups excluding tert-OH is 3. The number of epoxide rings is 1. The highest BCUT2D eigenvalue weighted by Crippen LogP contribution is 2.38. The van der Waals surface area contributed by atoms with Gasteiger partial charge >= 0.3 is 11.9 Å². The van der Waals surface area contributed by atoms with Gasteiger partial charge in [0.1, 0.15) is 18.0 Å². The summed E-state index contributed by atoms with van der Waals surface area (Å²) in [7, 11) is 1.27. The van der Waals surface area contributed by atoms with Crippen molar-refractivity contribution in [1.29, 1.82) is 0 Å². The lowest BCUT2D eigenvalue weighted by Gasteiger charge is -2.36. The molecule has 3 N–H and O–H groups in total. The monoisotopic (exact) mass is 478 g/mol. The fourth-order valence-electron chi connectivity index (χ4n) is 4.18. The van der Waals surface area contributed by atoms with Gasteiger partial charge in [-0.15, -0.1) is 0 Å². The zero-order chi connectivity index (χ0) is 25.0. The second-order valence-corrected chi connectivity index (χ2v) is 9.20. The first kappa shape index (κ1) is 26.3. The number of rotatable bonds is 9. The zero-order valence-corrected chi connectivity index (χ0v) is 19.9. The van der Waals surface area contributed by atoms with Crippen LogP contribution in [0.15, 0.2) is 35.9 Å². The van der Waals surface area contributed by atoms with E-state index >= 15 is 0 Å². The van der Waals surface area contributed by atoms with Crippen LogP contribution in [0.4, 0.5) is 0 Å². The van der Waals surface area contributed by atoms with E-state index in [1.807, 2.05) is 6.92 Å². The molecule has 0 radical (unpaired) electrons. The lowest BCUT2D eigenvalue weighted by atomic mass is 9.86. The molecule has 2 aliphatic heterocycles. The summed E-state index contributed by atoms with van der Waals surface area (Å²) in [5, 5.41) is 30.9. The van der Waals surface area contributed by atoms with Gasteiger partial charge in [0.25, 0.3) is 0 Å². The molecule has 1 aromatic rings. The van der Waals surface area contributed by atoms with Gasteiger partial charge < -0.3 is 34.3 Å².